The van der Waals surface area contributed by atoms with E-state index in [0.29, 0.717) is 22.7 Å². The maximum atomic E-state index is 13.6. The molecule has 1 saturated carbocycles. The molecule has 16 nitrogen and oxygen atoms in total. The van der Waals surface area contributed by atoms with Crippen LogP contribution >= 0.6 is 0 Å². The van der Waals surface area contributed by atoms with E-state index in [9.17, 15) is 24.0 Å². The number of rotatable bonds is 9. The number of benzene rings is 1. The second-order valence-electron chi connectivity index (χ2n) is 15.8. The van der Waals surface area contributed by atoms with Gasteiger partial charge >= 0.3 is 0 Å². The molecule has 1 aromatic carbocycles. The number of carbonyl (C=O) groups is 5. The van der Waals surface area contributed by atoms with Crippen molar-refractivity contribution >= 4 is 52.2 Å². The van der Waals surface area contributed by atoms with Crippen molar-refractivity contribution in [3.8, 4) is 0 Å². The normalized spacial score (nSPS) is 23.6. The number of aryl methyl sites for hydroxylation is 1. The molecule has 3 saturated heterocycles. The molecule has 1 aliphatic carbocycles. The van der Waals surface area contributed by atoms with Crippen molar-refractivity contribution in [1.29, 1.82) is 0 Å². The van der Waals surface area contributed by atoms with E-state index < -0.39 is 23.8 Å². The molecule has 0 bridgehead atoms. The molecule has 7 heterocycles. The molecule has 16 heteroatoms. The van der Waals surface area contributed by atoms with Crippen molar-refractivity contribution in [2.75, 3.05) is 42.9 Å². The first-order valence-electron chi connectivity index (χ1n) is 19.7. The quantitative estimate of drug-likeness (QED) is 0.212. The number of nitrogens with one attached hydrogen (secondary N) is 3. The summed E-state index contributed by atoms with van der Waals surface area (Å²) in [6.07, 6.45) is 9.18. The van der Waals surface area contributed by atoms with Crippen LogP contribution in [0.15, 0.2) is 49.1 Å². The lowest BCUT2D eigenvalue weighted by atomic mass is 9.86. The van der Waals surface area contributed by atoms with Crippen molar-refractivity contribution in [2.24, 2.45) is 5.92 Å². The van der Waals surface area contributed by atoms with Crippen LogP contribution in [-0.2, 0) is 9.59 Å². The third kappa shape index (κ3) is 6.75. The Kier molecular flexibility index (Phi) is 9.43. The Balaban J connectivity index is 0.750. The van der Waals surface area contributed by atoms with E-state index in [0.717, 1.165) is 105 Å². The topological polar surface area (TPSA) is 188 Å². The molecule has 3 aromatic heterocycles. The smallest absolute Gasteiger partial charge is 0.270 e. The highest BCUT2D eigenvalue weighted by molar-refractivity contribution is 6.25. The largest absolute Gasteiger partial charge is 0.371 e. The van der Waals surface area contributed by atoms with Crippen molar-refractivity contribution < 1.29 is 24.0 Å². The molecule has 56 heavy (non-hydrogen) atoms. The number of hydrogen-bond donors (Lipinski definition) is 3. The second-order valence-corrected chi connectivity index (χ2v) is 15.8. The number of imidazole rings is 1. The summed E-state index contributed by atoms with van der Waals surface area (Å²) in [6.45, 7) is 6.40. The summed E-state index contributed by atoms with van der Waals surface area (Å²) in [7, 11) is 0. The number of carbonyl (C=O) groups excluding carboxylic acids is 5. The van der Waals surface area contributed by atoms with Crippen LogP contribution in [0, 0.1) is 12.8 Å². The number of fused-ring (bicyclic) bond motifs is 2. The first-order chi connectivity index (χ1) is 27.2. The molecular weight excluding hydrogens is 715 g/mol. The predicted octanol–water partition coefficient (Wildman–Crippen LogP) is 2.86. The average Bonchev–Trinajstić information content (AvgIpc) is 3.72. The fourth-order valence-corrected chi connectivity index (χ4v) is 9.02. The molecule has 0 spiro atoms. The van der Waals surface area contributed by atoms with Gasteiger partial charge in [0.1, 0.15) is 23.6 Å². The number of imide groups is 2. The number of hydrogen-bond acceptors (Lipinski definition) is 12. The predicted molar refractivity (Wildman–Crippen MR) is 205 cm³/mol. The van der Waals surface area contributed by atoms with Crippen molar-refractivity contribution in [3.05, 3.63) is 71.6 Å². The zero-order chi connectivity index (χ0) is 38.5. The van der Waals surface area contributed by atoms with Crippen LogP contribution in [0.5, 0.6) is 0 Å². The van der Waals surface area contributed by atoms with Crippen molar-refractivity contribution in [1.82, 2.24) is 44.9 Å². The van der Waals surface area contributed by atoms with Crippen molar-refractivity contribution in [2.45, 2.75) is 82.5 Å². The van der Waals surface area contributed by atoms with Gasteiger partial charge in [0.05, 0.1) is 23.1 Å². The summed E-state index contributed by atoms with van der Waals surface area (Å²) in [5.41, 5.74) is 4.22. The van der Waals surface area contributed by atoms with Crippen LogP contribution in [0.1, 0.15) is 94.3 Å². The van der Waals surface area contributed by atoms with E-state index in [1.54, 1.807) is 24.5 Å². The van der Waals surface area contributed by atoms with Crippen LogP contribution in [0.25, 0.3) is 11.2 Å². The molecule has 9 rings (SSSR count). The highest BCUT2D eigenvalue weighted by Crippen LogP contribution is 2.37. The number of piperidine rings is 3. The van der Waals surface area contributed by atoms with Gasteiger partial charge in [0.2, 0.25) is 11.8 Å². The molecule has 4 aromatic rings. The lowest BCUT2D eigenvalue weighted by molar-refractivity contribution is -0.136. The minimum Gasteiger partial charge on any atom is -0.371 e. The van der Waals surface area contributed by atoms with E-state index in [1.165, 1.54) is 0 Å². The van der Waals surface area contributed by atoms with E-state index in [1.807, 2.05) is 31.5 Å². The van der Waals surface area contributed by atoms with E-state index in [-0.39, 0.29) is 42.8 Å². The Bertz CT molecular complexity index is 2220. The summed E-state index contributed by atoms with van der Waals surface area (Å²) < 4.78 is 2.10. The first kappa shape index (κ1) is 35.9. The van der Waals surface area contributed by atoms with Crippen LogP contribution in [0.2, 0.25) is 0 Å². The molecule has 4 fully saturated rings. The van der Waals surface area contributed by atoms with Gasteiger partial charge < -0.3 is 25.0 Å². The Morgan fingerprint density at radius 1 is 0.875 bits per heavy atom. The molecule has 290 valence electrons. The van der Waals surface area contributed by atoms with Gasteiger partial charge in [0.25, 0.3) is 17.7 Å². The standard InChI is InChI=1S/C40H45N11O5/c1-23-4-2-6-29(44-23)37(53)46-26-18-27(19-26)50-22-43-34-35(41-21-42-36(34)50)45-25-12-14-48(15-13-25)20-24-10-16-49(17-11-24)30-7-3-5-28-33(30)40(56)51(39(28)55)31-8-9-32(52)47-38(31)54/h2-7,21-22,24-27,31H,8-20H2,1H3,(H,46,53)(H,41,42,45)(H,47,52,54)/t26?,27?,31-/m0/s1. The van der Waals surface area contributed by atoms with Gasteiger partial charge in [-0.1, -0.05) is 12.1 Å². The highest BCUT2D eigenvalue weighted by Gasteiger charge is 2.46. The van der Waals surface area contributed by atoms with Gasteiger partial charge in [0.15, 0.2) is 11.5 Å². The van der Waals surface area contributed by atoms with Crippen LogP contribution in [0.4, 0.5) is 11.5 Å². The molecule has 5 amide bonds. The Labute approximate surface area is 323 Å². The highest BCUT2D eigenvalue weighted by atomic mass is 16.2. The van der Waals surface area contributed by atoms with Gasteiger partial charge in [0, 0.05) is 63.0 Å². The number of amides is 5. The second kappa shape index (κ2) is 14.7. The number of aromatic nitrogens is 5. The fourth-order valence-electron chi connectivity index (χ4n) is 9.02. The minimum absolute atomic E-state index is 0.0755. The summed E-state index contributed by atoms with van der Waals surface area (Å²) in [4.78, 5) is 87.8. The maximum absolute atomic E-state index is 13.6. The van der Waals surface area contributed by atoms with E-state index in [2.05, 4.69) is 45.3 Å². The van der Waals surface area contributed by atoms with Gasteiger partial charge in [-0.15, -0.1) is 0 Å². The molecule has 1 atom stereocenters. The van der Waals surface area contributed by atoms with E-state index >= 15 is 0 Å². The van der Waals surface area contributed by atoms with Crippen LogP contribution in [-0.4, -0.2) is 115 Å². The summed E-state index contributed by atoms with van der Waals surface area (Å²) in [5.74, 6) is -0.800. The summed E-state index contributed by atoms with van der Waals surface area (Å²) >= 11 is 0. The average molecular weight is 760 g/mol. The van der Waals surface area contributed by atoms with E-state index in [4.69, 9.17) is 4.98 Å². The first-order valence-corrected chi connectivity index (χ1v) is 19.7. The molecule has 0 radical (unpaired) electrons. The SMILES string of the molecule is Cc1cccc(C(=O)NC2CC(n3cnc4c(NC5CCN(CC6CCN(c7cccc8c7C(=O)N([C@H]7CCC(=O)NC7=O)C8=O)CC6)CC5)ncnc43)C2)n1. The number of pyridine rings is 1. The lowest BCUT2D eigenvalue weighted by Crippen LogP contribution is -2.54. The molecule has 4 aliphatic heterocycles. The fraction of sp³-hybridized carbons (Fsp3) is 0.475. The Morgan fingerprint density at radius 3 is 2.43 bits per heavy atom. The molecular formula is C40H45N11O5. The monoisotopic (exact) mass is 759 g/mol. The maximum Gasteiger partial charge on any atom is 0.270 e. The van der Waals surface area contributed by atoms with Crippen LogP contribution < -0.4 is 20.9 Å². The number of likely N-dealkylation sites (tertiary alicyclic amines) is 1. The molecule has 3 N–H and O–H groups in total. The molecule has 5 aliphatic rings. The van der Waals surface area contributed by atoms with Gasteiger partial charge in [-0.05, 0) is 82.1 Å². The summed E-state index contributed by atoms with van der Waals surface area (Å²) in [5, 5.41) is 9.02. The Morgan fingerprint density at radius 2 is 1.66 bits per heavy atom. The minimum atomic E-state index is -0.976. The zero-order valence-electron chi connectivity index (χ0n) is 31.3. The zero-order valence-corrected chi connectivity index (χ0v) is 31.3. The molecule has 0 unspecified atom stereocenters. The summed E-state index contributed by atoms with van der Waals surface area (Å²) in [6, 6.07) is 10.4. The third-order valence-corrected chi connectivity index (χ3v) is 12.2. The lowest BCUT2D eigenvalue weighted by Gasteiger charge is -2.39. The van der Waals surface area contributed by atoms with Gasteiger partial charge in [-0.3, -0.25) is 34.2 Å². The number of nitrogens with zero attached hydrogens (tertiary/aromatic N) is 8. The van der Waals surface area contributed by atoms with Crippen molar-refractivity contribution in [3.63, 3.8) is 0 Å². The van der Waals surface area contributed by atoms with Gasteiger partial charge in [-0.2, -0.15) is 0 Å². The third-order valence-electron chi connectivity index (χ3n) is 12.2. The van der Waals surface area contributed by atoms with Gasteiger partial charge in [-0.25, -0.2) is 19.9 Å². The number of anilines is 2. The van der Waals surface area contributed by atoms with Crippen LogP contribution in [0.3, 0.4) is 0 Å². The Hall–Kier alpha value is -5.77.